The van der Waals surface area contributed by atoms with E-state index < -0.39 is 13.7 Å². The Hall–Kier alpha value is -4.48. The fraction of sp³-hybridized carbons (Fsp3) is 0.286. The predicted octanol–water partition coefficient (Wildman–Crippen LogP) is 8.84. The minimum absolute atomic E-state index is 0.184. The molecule has 0 radical (unpaired) electrons. The van der Waals surface area contributed by atoms with Gasteiger partial charge in [0.1, 0.15) is 11.1 Å². The summed E-state index contributed by atoms with van der Waals surface area (Å²) in [6.07, 6.45) is 3.63. The minimum Gasteiger partial charge on any atom is -0.455 e. The molecule has 3 aromatic heterocycles. The molecule has 7 aromatic rings. The van der Waals surface area contributed by atoms with E-state index in [4.69, 9.17) is 4.42 Å². The summed E-state index contributed by atoms with van der Waals surface area (Å²) < 4.78 is 14.7. The minimum atomic E-state index is -1.76. The van der Waals surface area contributed by atoms with Crippen LogP contribution in [0.5, 0.6) is 0 Å². The monoisotopic (exact) mass is 633 g/mol. The van der Waals surface area contributed by atoms with Gasteiger partial charge in [0.2, 0.25) is 5.69 Å². The van der Waals surface area contributed by atoms with Crippen molar-refractivity contribution in [2.24, 2.45) is 5.41 Å². The van der Waals surface area contributed by atoms with E-state index in [-0.39, 0.29) is 5.41 Å². The standard InChI is InChI=1S/C42H43N3OSi/c1-9-43-33-15-11-12-16-34(33)45-40(43)38-31(21-20-29-28-14-10-13-17-36(28)46-39(29)38)42(45)32-22-26(2)18-19-30(32)35-23-27(24-41(3,4)5)37(25-44(35)42)47(6,7)8/h10-23,25H,9,24H2,1-8H3/q+2. The number of pyridine rings is 1. The summed E-state index contributed by atoms with van der Waals surface area (Å²) in [5.74, 6) is 1.22. The average molecular weight is 634 g/mol. The Labute approximate surface area is 277 Å². The van der Waals surface area contributed by atoms with Gasteiger partial charge >= 0.3 is 11.5 Å². The van der Waals surface area contributed by atoms with Gasteiger partial charge in [-0.2, -0.15) is 4.57 Å². The highest BCUT2D eigenvalue weighted by Crippen LogP contribution is 2.55. The van der Waals surface area contributed by atoms with Crippen molar-refractivity contribution in [1.82, 2.24) is 4.57 Å². The van der Waals surface area contributed by atoms with E-state index >= 15 is 0 Å². The Bertz CT molecular complexity index is 2470. The summed E-state index contributed by atoms with van der Waals surface area (Å²) >= 11 is 0. The lowest BCUT2D eigenvalue weighted by atomic mass is 9.87. The molecule has 0 saturated carbocycles. The Morgan fingerprint density at radius 3 is 2.38 bits per heavy atom. The summed E-state index contributed by atoms with van der Waals surface area (Å²) in [5.41, 5.74) is 13.2. The molecule has 2 aliphatic rings. The molecule has 0 aliphatic carbocycles. The highest BCUT2D eigenvalue weighted by atomic mass is 28.3. The van der Waals surface area contributed by atoms with E-state index in [0.717, 1.165) is 24.1 Å². The number of nitrogens with zero attached hydrogens (tertiary/aromatic N) is 3. The van der Waals surface area contributed by atoms with Crippen LogP contribution in [0.1, 0.15) is 49.9 Å². The van der Waals surface area contributed by atoms with Gasteiger partial charge in [0.25, 0.3) is 0 Å². The van der Waals surface area contributed by atoms with Crippen molar-refractivity contribution in [2.75, 3.05) is 0 Å². The second kappa shape index (κ2) is 9.32. The summed E-state index contributed by atoms with van der Waals surface area (Å²) in [6.45, 7) is 20.0. The summed E-state index contributed by atoms with van der Waals surface area (Å²) in [4.78, 5) is 0. The van der Waals surface area contributed by atoms with Crippen LogP contribution in [0.2, 0.25) is 19.6 Å². The number of imidazole rings is 1. The first-order valence-corrected chi connectivity index (χ1v) is 20.6. The quantitative estimate of drug-likeness (QED) is 0.141. The second-order valence-electron chi connectivity index (χ2n) is 16.0. The molecule has 5 heterocycles. The van der Waals surface area contributed by atoms with Gasteiger partial charge in [-0.05, 0) is 73.7 Å². The maximum Gasteiger partial charge on any atom is 0.364 e. The van der Waals surface area contributed by atoms with Gasteiger partial charge in [-0.25, -0.2) is 4.57 Å². The van der Waals surface area contributed by atoms with Crippen LogP contribution in [-0.2, 0) is 18.6 Å². The maximum absolute atomic E-state index is 6.87. The zero-order valence-corrected chi connectivity index (χ0v) is 29.8. The number of para-hydroxylation sites is 3. The van der Waals surface area contributed by atoms with Gasteiger partial charge in [0.05, 0.1) is 31.3 Å². The van der Waals surface area contributed by atoms with Crippen molar-refractivity contribution in [3.63, 3.8) is 0 Å². The Kier molecular flexibility index (Phi) is 5.69. The zero-order chi connectivity index (χ0) is 32.6. The maximum atomic E-state index is 6.87. The lowest BCUT2D eigenvalue weighted by molar-refractivity contribution is -0.734. The molecule has 4 aromatic carbocycles. The number of hydrogen-bond acceptors (Lipinski definition) is 1. The molecule has 1 unspecified atom stereocenters. The van der Waals surface area contributed by atoms with E-state index in [2.05, 4.69) is 159 Å². The molecule has 47 heavy (non-hydrogen) atoms. The van der Waals surface area contributed by atoms with E-state index in [1.165, 1.54) is 66.7 Å². The van der Waals surface area contributed by atoms with E-state index in [1.54, 1.807) is 5.19 Å². The molecular formula is C42H43N3OSi+2. The van der Waals surface area contributed by atoms with Crippen molar-refractivity contribution >= 4 is 46.2 Å². The first-order chi connectivity index (χ1) is 22.4. The van der Waals surface area contributed by atoms with Gasteiger partial charge in [0.15, 0.2) is 22.8 Å². The van der Waals surface area contributed by atoms with Crippen molar-refractivity contribution < 1.29 is 13.6 Å². The van der Waals surface area contributed by atoms with Gasteiger partial charge in [-0.3, -0.25) is 0 Å². The van der Waals surface area contributed by atoms with Crippen LogP contribution in [-0.4, -0.2) is 12.6 Å². The lowest BCUT2D eigenvalue weighted by Gasteiger charge is -2.26. The van der Waals surface area contributed by atoms with E-state index in [0.29, 0.717) is 0 Å². The fourth-order valence-electron chi connectivity index (χ4n) is 8.81. The highest BCUT2D eigenvalue weighted by Gasteiger charge is 2.67. The molecule has 0 saturated heterocycles. The Morgan fingerprint density at radius 1 is 0.851 bits per heavy atom. The molecule has 2 aliphatic heterocycles. The number of aryl methyl sites for hydroxylation is 2. The number of aromatic nitrogens is 3. The van der Waals surface area contributed by atoms with Crippen LogP contribution < -0.4 is 14.3 Å². The van der Waals surface area contributed by atoms with Gasteiger partial charge in [0, 0.05) is 22.0 Å². The van der Waals surface area contributed by atoms with E-state index in [9.17, 15) is 0 Å². The van der Waals surface area contributed by atoms with Gasteiger partial charge in [-0.15, -0.1) is 4.57 Å². The van der Waals surface area contributed by atoms with Crippen LogP contribution in [0, 0.1) is 12.3 Å². The third-order valence-corrected chi connectivity index (χ3v) is 12.6. The highest BCUT2D eigenvalue weighted by molar-refractivity contribution is 6.89. The third kappa shape index (κ3) is 3.69. The topological polar surface area (TPSA) is 25.8 Å². The lowest BCUT2D eigenvalue weighted by Crippen LogP contribution is -2.61. The molecular weight excluding hydrogens is 591 g/mol. The second-order valence-corrected chi connectivity index (χ2v) is 21.1. The predicted molar refractivity (Wildman–Crippen MR) is 195 cm³/mol. The first kappa shape index (κ1) is 28.7. The van der Waals surface area contributed by atoms with Gasteiger partial charge < -0.3 is 4.42 Å². The summed E-state index contributed by atoms with van der Waals surface area (Å²) in [7, 11) is -1.76. The molecule has 0 amide bonds. The van der Waals surface area contributed by atoms with Crippen LogP contribution in [0.3, 0.4) is 0 Å². The SMILES string of the molecule is CC[n+]1c2n(c3ccccc31)C1(c3cc(C)ccc3-c3cc(CC(C)(C)C)c([Si](C)(C)C)c[n+]31)c1ccc3c(oc4ccccc43)c1-2. The molecule has 5 heteroatoms. The zero-order valence-electron chi connectivity index (χ0n) is 28.8. The number of rotatable bonds is 3. The molecule has 234 valence electrons. The Morgan fingerprint density at radius 2 is 1.62 bits per heavy atom. The number of furan rings is 1. The fourth-order valence-corrected chi connectivity index (χ4v) is 10.5. The van der Waals surface area contributed by atoms with Crippen LogP contribution >= 0.6 is 0 Å². The largest absolute Gasteiger partial charge is 0.455 e. The number of benzene rings is 4. The molecule has 4 nitrogen and oxygen atoms in total. The third-order valence-electron chi connectivity index (χ3n) is 10.5. The van der Waals surface area contributed by atoms with Crippen LogP contribution in [0.25, 0.3) is 55.6 Å². The summed E-state index contributed by atoms with van der Waals surface area (Å²) in [6, 6.07) is 31.8. The summed E-state index contributed by atoms with van der Waals surface area (Å²) in [5, 5.41) is 3.88. The molecule has 0 N–H and O–H groups in total. The smallest absolute Gasteiger partial charge is 0.364 e. The van der Waals surface area contributed by atoms with E-state index in [1.807, 2.05) is 0 Å². The Balaban J connectivity index is 1.53. The molecule has 0 fully saturated rings. The van der Waals surface area contributed by atoms with Crippen LogP contribution in [0.15, 0.2) is 95.5 Å². The van der Waals surface area contributed by atoms with Crippen molar-refractivity contribution in [3.8, 4) is 22.6 Å². The van der Waals surface area contributed by atoms with Gasteiger partial charge in [-0.1, -0.05) is 82.4 Å². The molecule has 0 bridgehead atoms. The van der Waals surface area contributed by atoms with Crippen molar-refractivity contribution in [2.45, 2.75) is 72.9 Å². The average Bonchev–Trinajstić information content (AvgIpc) is 3.72. The molecule has 1 atom stereocenters. The first-order valence-electron chi connectivity index (χ1n) is 17.1. The normalized spacial score (nSPS) is 16.8. The molecule has 9 rings (SSSR count). The molecule has 1 spiro atoms. The van der Waals surface area contributed by atoms with Crippen molar-refractivity contribution in [1.29, 1.82) is 0 Å². The number of hydrogen-bond donors (Lipinski definition) is 0. The number of fused-ring (bicyclic) bond motifs is 16. The van der Waals surface area contributed by atoms with Crippen molar-refractivity contribution in [3.05, 3.63) is 113 Å². The van der Waals surface area contributed by atoms with Crippen LogP contribution in [0.4, 0.5) is 0 Å².